The maximum atomic E-state index is 12.9. The van der Waals surface area contributed by atoms with Crippen molar-refractivity contribution in [3.8, 4) is 0 Å². The molecule has 6 nitrogen and oxygen atoms in total. The number of ether oxygens (including phenoxy) is 3. The smallest absolute Gasteiger partial charge is 0.306 e. The van der Waals surface area contributed by atoms with E-state index in [1.165, 1.54) is 128 Å². The van der Waals surface area contributed by atoms with Crippen LogP contribution < -0.4 is 0 Å². The van der Waals surface area contributed by atoms with Crippen LogP contribution in [0.25, 0.3) is 0 Å². The van der Waals surface area contributed by atoms with Crippen molar-refractivity contribution in [2.45, 2.75) is 309 Å². The lowest BCUT2D eigenvalue weighted by Gasteiger charge is -2.18. The number of rotatable bonds is 60. The summed E-state index contributed by atoms with van der Waals surface area (Å²) in [5, 5.41) is 0. The minimum atomic E-state index is -0.821. The van der Waals surface area contributed by atoms with Gasteiger partial charge in [0.1, 0.15) is 13.2 Å². The van der Waals surface area contributed by atoms with Crippen LogP contribution in [0.5, 0.6) is 0 Å². The molecular weight excluding hydrogens is 997 g/mol. The van der Waals surface area contributed by atoms with Gasteiger partial charge in [0, 0.05) is 19.3 Å². The highest BCUT2D eigenvalue weighted by Crippen LogP contribution is 2.17. The normalized spacial score (nSPS) is 13.0. The quantitative estimate of drug-likeness (QED) is 0.0261. The van der Waals surface area contributed by atoms with E-state index in [0.717, 1.165) is 128 Å². The van der Waals surface area contributed by atoms with Crippen LogP contribution in [0.15, 0.2) is 134 Å². The van der Waals surface area contributed by atoms with Crippen molar-refractivity contribution >= 4 is 17.9 Å². The molecule has 0 saturated carbocycles. The molecule has 0 radical (unpaired) electrons. The van der Waals surface area contributed by atoms with Crippen LogP contribution in [0.3, 0.4) is 0 Å². The number of unbranched alkanes of at least 4 members (excludes halogenated alkanes) is 27. The Balaban J connectivity index is 4.49. The largest absolute Gasteiger partial charge is 0.462 e. The van der Waals surface area contributed by atoms with Gasteiger partial charge in [-0.25, -0.2) is 0 Å². The molecule has 1 unspecified atom stereocenters. The third kappa shape index (κ3) is 66.2. The van der Waals surface area contributed by atoms with Crippen molar-refractivity contribution in [3.05, 3.63) is 134 Å². The zero-order valence-corrected chi connectivity index (χ0v) is 52.8. The molecule has 0 amide bonds. The first-order valence-electron chi connectivity index (χ1n) is 33.7. The standard InChI is InChI=1S/C75H124O6/c1-4-7-10-13-16-19-22-25-28-31-34-36-37-39-41-44-47-50-53-56-59-62-65-68-74(77)80-71-72(70-79-73(76)67-64-61-58-55-52-49-46-43-40-33-30-27-24-21-18-15-12-9-6-3)81-75(78)69-66-63-60-57-54-51-48-45-42-38-35-32-29-26-23-20-17-14-11-8-5-2/h8-9,11-12,17-18,20-21,26-27,29-30,35,38,40,43,45,48-49,52,54,57,72H,4-7,10,13-16,19,22-25,28,31-34,36-37,39,41-42,44,46-47,50-51,53,55-56,58-71H2,1-3H3/b11-8-,12-9-,20-17-,21-18-,29-26-,30-27-,38-35-,43-40-,48-45-,52-49-,57-54-. The van der Waals surface area contributed by atoms with Gasteiger partial charge in [0.25, 0.3) is 0 Å². The van der Waals surface area contributed by atoms with Gasteiger partial charge in [-0.05, 0) is 116 Å². The fourth-order valence-corrected chi connectivity index (χ4v) is 9.18. The molecule has 0 saturated heterocycles. The molecule has 0 aliphatic heterocycles. The van der Waals surface area contributed by atoms with E-state index < -0.39 is 6.10 Å². The van der Waals surface area contributed by atoms with Gasteiger partial charge in [-0.1, -0.05) is 302 Å². The van der Waals surface area contributed by atoms with Gasteiger partial charge in [0.2, 0.25) is 0 Å². The molecular formula is C75H124O6. The molecule has 0 spiro atoms. The van der Waals surface area contributed by atoms with E-state index in [1.807, 2.05) is 0 Å². The van der Waals surface area contributed by atoms with Gasteiger partial charge in [-0.3, -0.25) is 14.4 Å². The number of carbonyl (C=O) groups is 3. The average Bonchev–Trinajstić information content (AvgIpc) is 3.47. The predicted octanol–water partition coefficient (Wildman–Crippen LogP) is 23.3. The molecule has 6 heteroatoms. The molecule has 0 bridgehead atoms. The molecule has 81 heavy (non-hydrogen) atoms. The summed E-state index contributed by atoms with van der Waals surface area (Å²) in [5.74, 6) is -0.979. The predicted molar refractivity (Wildman–Crippen MR) is 353 cm³/mol. The first-order chi connectivity index (χ1) is 40.0. The SMILES string of the molecule is CC/C=C\C/C=C\C/C=C\C/C=C\C/C=C\C/C=C\CCCCC(=O)OC(COC(=O)CCCCC/C=C\C/C=C\C/C=C\C/C=C\C/C=C\CC)COC(=O)CCCCCCCCCCCCCCCCCCCCCCCCC. The first kappa shape index (κ1) is 76.5. The van der Waals surface area contributed by atoms with Crippen LogP contribution in [0.2, 0.25) is 0 Å². The molecule has 0 aromatic rings. The van der Waals surface area contributed by atoms with Crippen molar-refractivity contribution in [1.82, 2.24) is 0 Å². The second-order valence-corrected chi connectivity index (χ2v) is 22.0. The second-order valence-electron chi connectivity index (χ2n) is 22.0. The van der Waals surface area contributed by atoms with Crippen LogP contribution in [0.1, 0.15) is 303 Å². The van der Waals surface area contributed by atoms with Crippen LogP contribution in [0.4, 0.5) is 0 Å². The monoisotopic (exact) mass is 1120 g/mol. The van der Waals surface area contributed by atoms with Crippen molar-refractivity contribution < 1.29 is 28.6 Å². The molecule has 0 fully saturated rings. The summed E-state index contributed by atoms with van der Waals surface area (Å²) in [5.41, 5.74) is 0. The molecule has 0 heterocycles. The lowest BCUT2D eigenvalue weighted by atomic mass is 10.0. The molecule has 0 aromatic heterocycles. The molecule has 460 valence electrons. The fourth-order valence-electron chi connectivity index (χ4n) is 9.18. The summed E-state index contributed by atoms with van der Waals surface area (Å²) in [6.45, 7) is 6.38. The third-order valence-corrected chi connectivity index (χ3v) is 14.2. The van der Waals surface area contributed by atoms with E-state index in [4.69, 9.17) is 14.2 Å². The summed E-state index contributed by atoms with van der Waals surface area (Å²) in [6, 6.07) is 0. The van der Waals surface area contributed by atoms with Gasteiger partial charge in [0.15, 0.2) is 6.10 Å². The Morgan fingerprint density at radius 3 is 0.778 bits per heavy atom. The number of hydrogen-bond acceptors (Lipinski definition) is 6. The van der Waals surface area contributed by atoms with E-state index in [-0.39, 0.29) is 37.5 Å². The molecule has 0 rings (SSSR count). The Hall–Kier alpha value is -4.45. The highest BCUT2D eigenvalue weighted by Gasteiger charge is 2.19. The van der Waals surface area contributed by atoms with Crippen LogP contribution >= 0.6 is 0 Å². The van der Waals surface area contributed by atoms with Gasteiger partial charge < -0.3 is 14.2 Å². The Morgan fingerprint density at radius 2 is 0.481 bits per heavy atom. The van der Waals surface area contributed by atoms with E-state index in [0.29, 0.717) is 19.3 Å². The van der Waals surface area contributed by atoms with Crippen molar-refractivity contribution in [1.29, 1.82) is 0 Å². The highest BCUT2D eigenvalue weighted by atomic mass is 16.6. The van der Waals surface area contributed by atoms with Gasteiger partial charge in [0.05, 0.1) is 0 Å². The Labute approximate surface area is 500 Å². The van der Waals surface area contributed by atoms with E-state index >= 15 is 0 Å². The molecule has 0 aliphatic rings. The summed E-state index contributed by atoms with van der Waals surface area (Å²) in [6.07, 6.45) is 96.1. The van der Waals surface area contributed by atoms with Crippen LogP contribution in [0, 0.1) is 0 Å². The number of hydrogen-bond donors (Lipinski definition) is 0. The summed E-state index contributed by atoms with van der Waals surface area (Å²) in [7, 11) is 0. The van der Waals surface area contributed by atoms with E-state index in [2.05, 4.69) is 154 Å². The van der Waals surface area contributed by atoms with Crippen molar-refractivity contribution in [2.24, 2.45) is 0 Å². The van der Waals surface area contributed by atoms with Crippen molar-refractivity contribution in [2.75, 3.05) is 13.2 Å². The second kappa shape index (κ2) is 68.1. The number of allylic oxidation sites excluding steroid dienone is 22. The third-order valence-electron chi connectivity index (χ3n) is 14.2. The van der Waals surface area contributed by atoms with E-state index in [9.17, 15) is 14.4 Å². The zero-order chi connectivity index (χ0) is 58.5. The molecule has 0 N–H and O–H groups in total. The Bertz CT molecular complexity index is 1720. The number of carbonyl (C=O) groups excluding carboxylic acids is 3. The maximum Gasteiger partial charge on any atom is 0.306 e. The Kier molecular flexibility index (Phi) is 64.3. The van der Waals surface area contributed by atoms with Gasteiger partial charge in [-0.15, -0.1) is 0 Å². The highest BCUT2D eigenvalue weighted by molar-refractivity contribution is 5.71. The summed E-state index contributed by atoms with van der Waals surface area (Å²) < 4.78 is 16.9. The molecule has 0 aromatic carbocycles. The maximum absolute atomic E-state index is 12.9. The minimum absolute atomic E-state index is 0.108. The van der Waals surface area contributed by atoms with Gasteiger partial charge >= 0.3 is 17.9 Å². The topological polar surface area (TPSA) is 78.9 Å². The van der Waals surface area contributed by atoms with Gasteiger partial charge in [-0.2, -0.15) is 0 Å². The van der Waals surface area contributed by atoms with E-state index in [1.54, 1.807) is 0 Å². The minimum Gasteiger partial charge on any atom is -0.462 e. The molecule has 0 aliphatic carbocycles. The summed E-state index contributed by atoms with van der Waals surface area (Å²) >= 11 is 0. The van der Waals surface area contributed by atoms with Crippen LogP contribution in [-0.4, -0.2) is 37.2 Å². The Morgan fingerprint density at radius 1 is 0.259 bits per heavy atom. The first-order valence-corrected chi connectivity index (χ1v) is 33.7. The van der Waals surface area contributed by atoms with Crippen molar-refractivity contribution in [3.63, 3.8) is 0 Å². The zero-order valence-electron chi connectivity index (χ0n) is 52.8. The number of esters is 3. The fraction of sp³-hybridized carbons (Fsp3) is 0.667. The van der Waals surface area contributed by atoms with Crippen LogP contribution in [-0.2, 0) is 28.6 Å². The lowest BCUT2D eigenvalue weighted by molar-refractivity contribution is -0.167. The summed E-state index contributed by atoms with van der Waals surface area (Å²) in [4.78, 5) is 38.4. The average molecular weight is 1120 g/mol. The molecule has 1 atom stereocenters. The lowest BCUT2D eigenvalue weighted by Crippen LogP contribution is -2.30.